The van der Waals surface area contributed by atoms with Crippen molar-refractivity contribution in [3.63, 3.8) is 0 Å². The molecule has 0 atom stereocenters. The van der Waals surface area contributed by atoms with Gasteiger partial charge in [0.15, 0.2) is 23.0 Å². The number of esters is 1. The predicted octanol–water partition coefficient (Wildman–Crippen LogP) is 5.94. The average molecular weight is 662 g/mol. The molecule has 0 amide bonds. The Bertz CT molecular complexity index is 1980. The van der Waals surface area contributed by atoms with Crippen LogP contribution in [0.4, 0.5) is 8.78 Å². The van der Waals surface area contributed by atoms with Crippen LogP contribution in [0.2, 0.25) is 0 Å². The number of nitrogen functional groups attached to an aromatic ring is 1. The highest BCUT2D eigenvalue weighted by atomic mass is 19.1. The van der Waals surface area contributed by atoms with Crippen LogP contribution >= 0.6 is 0 Å². The van der Waals surface area contributed by atoms with Gasteiger partial charge < -0.3 is 43.8 Å². The van der Waals surface area contributed by atoms with Crippen LogP contribution in [0.5, 0.6) is 46.3 Å². The number of phenols is 1. The van der Waals surface area contributed by atoms with Crippen molar-refractivity contribution in [2.24, 2.45) is 12.8 Å². The van der Waals surface area contributed by atoms with Crippen LogP contribution in [-0.4, -0.2) is 58.9 Å². The Hall–Kier alpha value is -6.22. The fourth-order valence-electron chi connectivity index (χ4n) is 4.32. The minimum atomic E-state index is -1.42. The molecule has 4 N–H and O–H groups in total. The van der Waals surface area contributed by atoms with E-state index in [1.165, 1.54) is 56.7 Å². The van der Waals surface area contributed by atoms with Crippen LogP contribution in [0.25, 0.3) is 11.4 Å². The fourth-order valence-corrected chi connectivity index (χ4v) is 4.32. The van der Waals surface area contributed by atoms with Gasteiger partial charge in [-0.2, -0.15) is 13.8 Å². The molecule has 0 aliphatic carbocycles. The van der Waals surface area contributed by atoms with E-state index in [9.17, 15) is 9.90 Å². The molecule has 3 aromatic carbocycles. The summed E-state index contributed by atoms with van der Waals surface area (Å²) in [6.07, 6.45) is 3.36. The molecule has 0 saturated carbocycles. The molecule has 2 heterocycles. The van der Waals surface area contributed by atoms with Gasteiger partial charge in [0.1, 0.15) is 24.0 Å². The standard InChI is InChI=1S/C33H29F2N5O8/c1-40-12-11-38-30(40)19-5-4-6-21(15-19)46-31-26(34)28(27(35)32(39-31)48-24-16-18(29(36)37)7-9-22(24)41)47-23-10-8-20(17-25(23)44-3)33(42)45-14-13-43-2/h4-12,15-17,41H,13-14H2,1-3H3,(H3,36,37). The molecule has 248 valence electrons. The van der Waals surface area contributed by atoms with E-state index in [-0.39, 0.29) is 53.2 Å². The number of carbonyl (C=O) groups is 1. The third-order valence-corrected chi connectivity index (χ3v) is 6.71. The average Bonchev–Trinajstić information content (AvgIpc) is 3.51. The summed E-state index contributed by atoms with van der Waals surface area (Å²) in [6.45, 7) is 0.188. The zero-order valence-electron chi connectivity index (χ0n) is 25.8. The molecule has 5 rings (SSSR count). The molecule has 0 fully saturated rings. The number of nitrogens with two attached hydrogens (primary N) is 1. The number of ether oxygens (including phenoxy) is 6. The largest absolute Gasteiger partial charge is 0.504 e. The fraction of sp³-hybridized carbons (Fsp3) is 0.152. The number of nitrogens with zero attached hydrogens (tertiary/aromatic N) is 3. The van der Waals surface area contributed by atoms with Crippen LogP contribution in [0, 0.1) is 17.0 Å². The summed E-state index contributed by atoms with van der Waals surface area (Å²) in [6, 6.07) is 14.0. The summed E-state index contributed by atoms with van der Waals surface area (Å²) in [5.74, 6) is -6.77. The van der Waals surface area contributed by atoms with Gasteiger partial charge in [0.2, 0.25) is 17.4 Å². The predicted molar refractivity (Wildman–Crippen MR) is 167 cm³/mol. The summed E-state index contributed by atoms with van der Waals surface area (Å²) >= 11 is 0. The van der Waals surface area contributed by atoms with E-state index in [1.807, 2.05) is 0 Å². The van der Waals surface area contributed by atoms with Crippen LogP contribution in [0.15, 0.2) is 73.1 Å². The Labute approximate surface area is 272 Å². The Morgan fingerprint density at radius 1 is 0.917 bits per heavy atom. The first-order valence-electron chi connectivity index (χ1n) is 14.1. The SMILES string of the molecule is COCCOC(=O)c1ccc(Oc2c(F)c(Oc3cccc(-c4nccn4C)c3)nc(Oc3cc(C(=N)N)ccc3O)c2F)c(OC)c1. The first-order chi connectivity index (χ1) is 23.1. The molecular weight excluding hydrogens is 632 g/mol. The van der Waals surface area contributed by atoms with Gasteiger partial charge in [-0.25, -0.2) is 9.78 Å². The number of hydrogen-bond acceptors (Lipinski definition) is 11. The molecule has 0 radical (unpaired) electrons. The maximum atomic E-state index is 16.1. The smallest absolute Gasteiger partial charge is 0.338 e. The number of imidazole rings is 1. The molecule has 0 unspecified atom stereocenters. The van der Waals surface area contributed by atoms with Crippen molar-refractivity contribution in [1.29, 1.82) is 5.41 Å². The second-order valence-electron chi connectivity index (χ2n) is 9.97. The number of amidine groups is 1. The quantitative estimate of drug-likeness (QED) is 0.0590. The number of pyridine rings is 1. The monoisotopic (exact) mass is 661 g/mol. The normalized spacial score (nSPS) is 10.8. The zero-order chi connectivity index (χ0) is 34.4. The van der Waals surface area contributed by atoms with E-state index in [0.717, 1.165) is 0 Å². The van der Waals surface area contributed by atoms with E-state index in [2.05, 4.69) is 9.97 Å². The second kappa shape index (κ2) is 14.5. The van der Waals surface area contributed by atoms with Gasteiger partial charge in [0.05, 0.1) is 19.3 Å². The summed E-state index contributed by atoms with van der Waals surface area (Å²) in [5.41, 5.74) is 6.41. The van der Waals surface area contributed by atoms with Gasteiger partial charge in [0.25, 0.3) is 11.8 Å². The van der Waals surface area contributed by atoms with E-state index in [1.54, 1.807) is 42.2 Å². The summed E-state index contributed by atoms with van der Waals surface area (Å²) in [7, 11) is 4.52. The first kappa shape index (κ1) is 33.2. The highest BCUT2D eigenvalue weighted by Gasteiger charge is 2.28. The van der Waals surface area contributed by atoms with Gasteiger partial charge in [-0.1, -0.05) is 12.1 Å². The number of rotatable bonds is 13. The third kappa shape index (κ3) is 7.26. The number of carbonyl (C=O) groups excluding carboxylic acids is 1. The molecule has 5 aromatic rings. The Morgan fingerprint density at radius 2 is 1.65 bits per heavy atom. The number of halogens is 2. The molecular formula is C33H29F2N5O8. The van der Waals surface area contributed by atoms with E-state index in [0.29, 0.717) is 11.4 Å². The number of aromatic hydroxyl groups is 1. The van der Waals surface area contributed by atoms with Crippen LogP contribution in [0.1, 0.15) is 15.9 Å². The van der Waals surface area contributed by atoms with Crippen molar-refractivity contribution in [2.45, 2.75) is 0 Å². The molecule has 13 nitrogen and oxygen atoms in total. The van der Waals surface area contributed by atoms with E-state index >= 15 is 8.78 Å². The molecule has 0 aliphatic rings. The van der Waals surface area contributed by atoms with Crippen molar-refractivity contribution in [2.75, 3.05) is 27.4 Å². The highest BCUT2D eigenvalue weighted by molar-refractivity contribution is 5.95. The molecule has 0 bridgehead atoms. The molecule has 0 saturated heterocycles. The van der Waals surface area contributed by atoms with E-state index < -0.39 is 40.9 Å². The van der Waals surface area contributed by atoms with Gasteiger partial charge in [-0.15, -0.1) is 0 Å². The van der Waals surface area contributed by atoms with Crippen LogP contribution in [-0.2, 0) is 16.5 Å². The molecule has 15 heteroatoms. The molecule has 0 spiro atoms. The minimum absolute atomic E-state index is 0.00434. The number of phenolic OH excluding ortho intramolecular Hbond substituents is 1. The van der Waals surface area contributed by atoms with Gasteiger partial charge >= 0.3 is 5.97 Å². The van der Waals surface area contributed by atoms with Crippen molar-refractivity contribution in [3.05, 3.63) is 95.8 Å². The second-order valence-corrected chi connectivity index (χ2v) is 9.97. The Balaban J connectivity index is 1.56. The summed E-state index contributed by atoms with van der Waals surface area (Å²) in [4.78, 5) is 20.6. The van der Waals surface area contributed by atoms with Crippen LogP contribution in [0.3, 0.4) is 0 Å². The third-order valence-electron chi connectivity index (χ3n) is 6.71. The van der Waals surface area contributed by atoms with Gasteiger partial charge in [-0.05, 0) is 48.5 Å². The number of nitrogens with one attached hydrogen (secondary N) is 1. The topological polar surface area (TPSA) is 173 Å². The first-order valence-corrected chi connectivity index (χ1v) is 14.1. The van der Waals surface area contributed by atoms with Crippen molar-refractivity contribution in [3.8, 4) is 57.6 Å². The molecule has 0 aliphatic heterocycles. The highest BCUT2D eigenvalue weighted by Crippen LogP contribution is 2.43. The maximum Gasteiger partial charge on any atom is 0.338 e. The molecule has 2 aromatic heterocycles. The van der Waals surface area contributed by atoms with E-state index in [4.69, 9.17) is 39.6 Å². The summed E-state index contributed by atoms with van der Waals surface area (Å²) < 4.78 is 66.2. The lowest BCUT2D eigenvalue weighted by Crippen LogP contribution is -2.11. The van der Waals surface area contributed by atoms with Gasteiger partial charge in [0, 0.05) is 37.7 Å². The maximum absolute atomic E-state index is 16.1. The lowest BCUT2D eigenvalue weighted by Gasteiger charge is -2.17. The lowest BCUT2D eigenvalue weighted by atomic mass is 10.2. The van der Waals surface area contributed by atoms with Gasteiger partial charge in [-0.3, -0.25) is 5.41 Å². The number of methoxy groups -OCH3 is 2. The number of benzene rings is 3. The number of hydrogen-bond donors (Lipinski definition) is 3. The molecule has 48 heavy (non-hydrogen) atoms. The minimum Gasteiger partial charge on any atom is -0.504 e. The Kier molecular flexibility index (Phi) is 9.99. The van der Waals surface area contributed by atoms with Crippen molar-refractivity contribution in [1.82, 2.24) is 14.5 Å². The zero-order valence-corrected chi connectivity index (χ0v) is 25.8. The summed E-state index contributed by atoms with van der Waals surface area (Å²) in [5, 5.41) is 18.1. The van der Waals surface area contributed by atoms with Crippen molar-refractivity contribution < 1.29 is 47.1 Å². The number of aryl methyl sites for hydroxylation is 1. The van der Waals surface area contributed by atoms with Crippen LogP contribution < -0.4 is 24.7 Å². The lowest BCUT2D eigenvalue weighted by molar-refractivity contribution is 0.0387. The Morgan fingerprint density at radius 3 is 2.33 bits per heavy atom. The number of aromatic nitrogens is 3. The van der Waals surface area contributed by atoms with Crippen molar-refractivity contribution >= 4 is 11.8 Å².